The Hall–Kier alpha value is -2.02. The predicted molar refractivity (Wildman–Crippen MR) is 75.8 cm³/mol. The maximum absolute atomic E-state index is 13.6. The lowest BCUT2D eigenvalue weighted by Gasteiger charge is -2.08. The van der Waals surface area contributed by atoms with Crippen LogP contribution >= 0.6 is 15.9 Å². The van der Waals surface area contributed by atoms with Crippen LogP contribution in [0.3, 0.4) is 0 Å². The topological polar surface area (TPSA) is 54.0 Å². The second kappa shape index (κ2) is 5.96. The van der Waals surface area contributed by atoms with Gasteiger partial charge in [0.05, 0.1) is 0 Å². The summed E-state index contributed by atoms with van der Waals surface area (Å²) in [6, 6.07) is 5.27. The second-order valence-corrected chi connectivity index (χ2v) is 4.79. The molecule has 4 nitrogen and oxygen atoms in total. The fraction of sp³-hybridized carbons (Fsp3) is 0.0769. The smallest absolute Gasteiger partial charge is 0.274 e. The van der Waals surface area contributed by atoms with Crippen molar-refractivity contribution in [1.29, 1.82) is 0 Å². The number of amides is 1. The molecule has 0 aliphatic carbocycles. The third-order valence-corrected chi connectivity index (χ3v) is 2.98. The predicted octanol–water partition coefficient (Wildman–Crippen LogP) is 3.42. The number of benzene rings is 1. The van der Waals surface area contributed by atoms with E-state index in [9.17, 15) is 13.6 Å². The third kappa shape index (κ3) is 3.11. The van der Waals surface area contributed by atoms with Crippen LogP contribution in [0.15, 0.2) is 34.9 Å². The van der Waals surface area contributed by atoms with Gasteiger partial charge in [0, 0.05) is 23.4 Å². The number of carbonyl (C=O) groups excluding carboxylic acids is 1. The van der Waals surface area contributed by atoms with Crippen LogP contribution < -0.4 is 10.6 Å². The second-order valence-electron chi connectivity index (χ2n) is 3.88. The Morgan fingerprint density at radius 3 is 2.50 bits per heavy atom. The van der Waals surface area contributed by atoms with Gasteiger partial charge in [-0.3, -0.25) is 9.78 Å². The quantitative estimate of drug-likeness (QED) is 0.899. The first kappa shape index (κ1) is 14.4. The molecule has 20 heavy (non-hydrogen) atoms. The molecule has 0 atom stereocenters. The number of halogens is 3. The molecule has 0 unspecified atom stereocenters. The van der Waals surface area contributed by atoms with Gasteiger partial charge in [0.2, 0.25) is 0 Å². The highest BCUT2D eigenvalue weighted by molar-refractivity contribution is 9.10. The van der Waals surface area contributed by atoms with Gasteiger partial charge in [-0.1, -0.05) is 15.9 Å². The zero-order valence-corrected chi connectivity index (χ0v) is 12.0. The van der Waals surface area contributed by atoms with Crippen LogP contribution in [-0.4, -0.2) is 17.9 Å². The van der Waals surface area contributed by atoms with E-state index < -0.39 is 23.2 Å². The average Bonchev–Trinajstić information content (AvgIpc) is 2.42. The first-order valence-corrected chi connectivity index (χ1v) is 6.40. The Labute approximate surface area is 122 Å². The van der Waals surface area contributed by atoms with E-state index in [2.05, 4.69) is 31.5 Å². The summed E-state index contributed by atoms with van der Waals surface area (Å²) in [5.74, 6) is -2.42. The van der Waals surface area contributed by atoms with E-state index in [1.54, 1.807) is 13.1 Å². The molecule has 2 N–H and O–H groups in total. The zero-order chi connectivity index (χ0) is 14.7. The highest BCUT2D eigenvalue weighted by atomic mass is 79.9. The van der Waals surface area contributed by atoms with Crippen molar-refractivity contribution >= 4 is 33.2 Å². The van der Waals surface area contributed by atoms with E-state index >= 15 is 0 Å². The number of anilines is 2. The molecular weight excluding hydrogens is 332 g/mol. The minimum atomic E-state index is -0.866. The molecule has 0 radical (unpaired) electrons. The number of nitrogens with one attached hydrogen (secondary N) is 2. The zero-order valence-electron chi connectivity index (χ0n) is 10.4. The average molecular weight is 342 g/mol. The Balaban J connectivity index is 2.28. The van der Waals surface area contributed by atoms with Crippen molar-refractivity contribution in [3.63, 3.8) is 0 Å². The van der Waals surface area contributed by atoms with E-state index in [4.69, 9.17) is 0 Å². The lowest BCUT2D eigenvalue weighted by molar-refractivity contribution is 0.102. The first-order valence-electron chi connectivity index (χ1n) is 5.61. The molecule has 104 valence electrons. The molecule has 0 saturated carbocycles. The van der Waals surface area contributed by atoms with Crippen LogP contribution in [0.5, 0.6) is 0 Å². The minimum Gasteiger partial charge on any atom is -0.388 e. The summed E-state index contributed by atoms with van der Waals surface area (Å²) in [5, 5.41) is 5.02. The number of aromatic nitrogens is 1. The largest absolute Gasteiger partial charge is 0.388 e. The molecule has 0 saturated heterocycles. The lowest BCUT2D eigenvalue weighted by Crippen LogP contribution is -2.16. The maximum Gasteiger partial charge on any atom is 0.274 e. The van der Waals surface area contributed by atoms with Crippen molar-refractivity contribution in [1.82, 2.24) is 4.98 Å². The number of carbonyl (C=O) groups is 1. The molecule has 2 aromatic rings. The van der Waals surface area contributed by atoms with Gasteiger partial charge in [-0.15, -0.1) is 0 Å². The summed E-state index contributed by atoms with van der Waals surface area (Å²) in [5.41, 5.74) is 0.218. The van der Waals surface area contributed by atoms with Crippen molar-refractivity contribution in [2.75, 3.05) is 17.7 Å². The van der Waals surface area contributed by atoms with Gasteiger partial charge in [-0.25, -0.2) is 8.78 Å². The van der Waals surface area contributed by atoms with E-state index in [0.29, 0.717) is 5.69 Å². The van der Waals surface area contributed by atoms with Crippen LogP contribution in [0, 0.1) is 11.6 Å². The van der Waals surface area contributed by atoms with Crippen molar-refractivity contribution in [3.8, 4) is 0 Å². The molecule has 1 heterocycles. The monoisotopic (exact) mass is 341 g/mol. The highest BCUT2D eigenvalue weighted by Gasteiger charge is 2.15. The molecule has 1 aromatic carbocycles. The molecule has 0 bridgehead atoms. The molecule has 1 aromatic heterocycles. The van der Waals surface area contributed by atoms with Crippen LogP contribution in [-0.2, 0) is 0 Å². The van der Waals surface area contributed by atoms with Gasteiger partial charge in [0.15, 0.2) is 11.6 Å². The highest BCUT2D eigenvalue weighted by Crippen LogP contribution is 2.24. The van der Waals surface area contributed by atoms with Crippen molar-refractivity contribution in [2.45, 2.75) is 0 Å². The molecule has 0 fully saturated rings. The summed E-state index contributed by atoms with van der Waals surface area (Å²) >= 11 is 2.96. The molecule has 0 aliphatic rings. The number of hydrogen-bond donors (Lipinski definition) is 2. The molecule has 1 amide bonds. The Morgan fingerprint density at radius 2 is 1.90 bits per heavy atom. The van der Waals surface area contributed by atoms with Gasteiger partial charge in [-0.2, -0.15) is 0 Å². The van der Waals surface area contributed by atoms with Crippen LogP contribution in [0.4, 0.5) is 20.2 Å². The fourth-order valence-corrected chi connectivity index (χ4v) is 1.95. The van der Waals surface area contributed by atoms with E-state index in [-0.39, 0.29) is 10.2 Å². The maximum atomic E-state index is 13.6. The summed E-state index contributed by atoms with van der Waals surface area (Å²) in [7, 11) is 1.69. The minimum absolute atomic E-state index is 0.0542. The van der Waals surface area contributed by atoms with Crippen LogP contribution in [0.2, 0.25) is 0 Å². The van der Waals surface area contributed by atoms with Gasteiger partial charge in [0.1, 0.15) is 11.4 Å². The Bertz CT molecular complexity index is 641. The first-order chi connectivity index (χ1) is 9.51. The lowest BCUT2D eigenvalue weighted by atomic mass is 10.2. The van der Waals surface area contributed by atoms with E-state index in [0.717, 1.165) is 12.1 Å². The summed E-state index contributed by atoms with van der Waals surface area (Å²) in [4.78, 5) is 15.8. The Morgan fingerprint density at radius 1 is 1.25 bits per heavy atom. The number of pyridine rings is 1. The van der Waals surface area contributed by atoms with E-state index in [1.807, 2.05) is 0 Å². The van der Waals surface area contributed by atoms with Gasteiger partial charge < -0.3 is 10.6 Å². The normalized spacial score (nSPS) is 10.2. The molecule has 7 heteroatoms. The fourth-order valence-electron chi connectivity index (χ4n) is 1.55. The molecule has 0 spiro atoms. The molecule has 2 rings (SSSR count). The van der Waals surface area contributed by atoms with Crippen LogP contribution in [0.1, 0.15) is 10.5 Å². The van der Waals surface area contributed by atoms with Crippen LogP contribution in [0.25, 0.3) is 0 Å². The molecule has 0 aliphatic heterocycles. The SMILES string of the molecule is CNc1ccnc(C(=O)Nc2c(F)cc(Br)cc2F)c1. The van der Waals surface area contributed by atoms with E-state index in [1.165, 1.54) is 12.3 Å². The number of rotatable bonds is 3. The summed E-state index contributed by atoms with van der Waals surface area (Å²) in [6.07, 6.45) is 1.43. The summed E-state index contributed by atoms with van der Waals surface area (Å²) in [6.45, 7) is 0. The van der Waals surface area contributed by atoms with Gasteiger partial charge in [-0.05, 0) is 24.3 Å². The van der Waals surface area contributed by atoms with Crippen molar-refractivity contribution < 1.29 is 13.6 Å². The summed E-state index contributed by atoms with van der Waals surface area (Å²) < 4.78 is 27.5. The third-order valence-electron chi connectivity index (χ3n) is 2.53. The van der Waals surface area contributed by atoms with Gasteiger partial charge in [0.25, 0.3) is 5.91 Å². The molecular formula is C13H10BrF2N3O. The number of hydrogen-bond acceptors (Lipinski definition) is 3. The standard InChI is InChI=1S/C13H10BrF2N3O/c1-17-8-2-3-18-11(6-8)13(20)19-12-9(15)4-7(14)5-10(12)16/h2-6H,1H3,(H,17,18)(H,19,20). The van der Waals surface area contributed by atoms with Crippen molar-refractivity contribution in [3.05, 3.63) is 52.3 Å². The number of nitrogens with zero attached hydrogens (tertiary/aromatic N) is 1. The van der Waals surface area contributed by atoms with Gasteiger partial charge >= 0.3 is 0 Å². The Kier molecular flexibility index (Phi) is 4.29. The van der Waals surface area contributed by atoms with Crippen molar-refractivity contribution in [2.24, 2.45) is 0 Å².